The first-order valence-corrected chi connectivity index (χ1v) is 11.0. The van der Waals surface area contributed by atoms with Crippen LogP contribution in [-0.2, 0) is 6.18 Å². The summed E-state index contributed by atoms with van der Waals surface area (Å²) in [5.41, 5.74) is 8.53. The van der Waals surface area contributed by atoms with Gasteiger partial charge in [0.15, 0.2) is 11.6 Å². The molecule has 0 saturated carbocycles. The molecule has 4 aromatic rings. The van der Waals surface area contributed by atoms with E-state index in [1.165, 1.54) is 12.1 Å². The molecule has 3 aromatic heterocycles. The van der Waals surface area contributed by atoms with E-state index in [1.807, 2.05) is 38.1 Å². The van der Waals surface area contributed by atoms with Crippen molar-refractivity contribution in [1.29, 1.82) is 0 Å². The van der Waals surface area contributed by atoms with E-state index in [0.717, 1.165) is 23.3 Å². The van der Waals surface area contributed by atoms with Gasteiger partial charge in [-0.3, -0.25) is 20.8 Å². The van der Waals surface area contributed by atoms with E-state index in [4.69, 9.17) is 0 Å². The van der Waals surface area contributed by atoms with Crippen LogP contribution < -0.4 is 16.2 Å². The smallest absolute Gasteiger partial charge is 0.324 e. The van der Waals surface area contributed by atoms with Crippen LogP contribution in [0.5, 0.6) is 0 Å². The summed E-state index contributed by atoms with van der Waals surface area (Å²) < 4.78 is 38.7. The third kappa shape index (κ3) is 7.07. The lowest BCUT2D eigenvalue weighted by molar-refractivity contribution is -0.137. The third-order valence-electron chi connectivity index (χ3n) is 5.07. The number of benzene rings is 1. The van der Waals surface area contributed by atoms with Crippen LogP contribution in [0.1, 0.15) is 30.5 Å². The van der Waals surface area contributed by atoms with Gasteiger partial charge in [0.2, 0.25) is 5.95 Å². The van der Waals surface area contributed by atoms with Crippen molar-refractivity contribution in [2.45, 2.75) is 20.0 Å². The van der Waals surface area contributed by atoms with Gasteiger partial charge in [0.1, 0.15) is 0 Å². The van der Waals surface area contributed by atoms with Crippen molar-refractivity contribution in [3.05, 3.63) is 96.1 Å². The quantitative estimate of drug-likeness (QED) is 0.208. The average Bonchev–Trinajstić information content (AvgIpc) is 2.91. The van der Waals surface area contributed by atoms with Gasteiger partial charge in [0, 0.05) is 47.7 Å². The van der Waals surface area contributed by atoms with Crippen molar-refractivity contribution in [2.24, 2.45) is 10.2 Å². The van der Waals surface area contributed by atoms with Crippen molar-refractivity contribution in [3.63, 3.8) is 0 Å². The molecule has 1 aromatic carbocycles. The lowest BCUT2D eigenvalue weighted by Crippen LogP contribution is -2.07. The molecule has 0 aliphatic rings. The van der Waals surface area contributed by atoms with E-state index < -0.39 is 11.7 Å². The predicted octanol–water partition coefficient (Wildman–Crippen LogP) is 5.70. The highest BCUT2D eigenvalue weighted by atomic mass is 19.4. The Kier molecular flexibility index (Phi) is 7.67. The summed E-state index contributed by atoms with van der Waals surface area (Å²) in [6, 6.07) is 13.5. The number of halogens is 3. The molecular weight excluding hydrogens is 483 g/mol. The van der Waals surface area contributed by atoms with Crippen LogP contribution in [0.2, 0.25) is 0 Å². The summed E-state index contributed by atoms with van der Waals surface area (Å²) in [6.45, 7) is 3.65. The number of hydrazone groups is 2. The van der Waals surface area contributed by atoms with Crippen molar-refractivity contribution < 1.29 is 13.2 Å². The van der Waals surface area contributed by atoms with Crippen molar-refractivity contribution in [2.75, 3.05) is 16.2 Å². The first-order chi connectivity index (χ1) is 17.8. The molecule has 0 unspecified atom stereocenters. The van der Waals surface area contributed by atoms with E-state index >= 15 is 0 Å². The summed E-state index contributed by atoms with van der Waals surface area (Å²) in [6.07, 6.45) is 2.23. The van der Waals surface area contributed by atoms with E-state index in [2.05, 4.69) is 46.3 Å². The zero-order valence-electron chi connectivity index (χ0n) is 19.8. The van der Waals surface area contributed by atoms with Gasteiger partial charge in [-0.2, -0.15) is 33.3 Å². The number of rotatable bonds is 8. The molecule has 0 bridgehead atoms. The summed E-state index contributed by atoms with van der Waals surface area (Å²) >= 11 is 0. The molecule has 0 amide bonds. The van der Waals surface area contributed by atoms with Crippen molar-refractivity contribution in [3.8, 4) is 0 Å². The minimum absolute atomic E-state index is 0.126. The van der Waals surface area contributed by atoms with Gasteiger partial charge >= 0.3 is 6.18 Å². The molecule has 0 radical (unpaired) electrons. The second-order valence-electron chi connectivity index (χ2n) is 7.75. The Morgan fingerprint density at radius 3 is 1.59 bits per heavy atom. The summed E-state index contributed by atoms with van der Waals surface area (Å²) in [5, 5.41) is 11.6. The van der Waals surface area contributed by atoms with Crippen molar-refractivity contribution >= 4 is 34.7 Å². The fourth-order valence-corrected chi connectivity index (χ4v) is 3.09. The Balaban J connectivity index is 1.60. The molecule has 9 nitrogen and oxygen atoms in total. The Labute approximate surface area is 210 Å². The van der Waals surface area contributed by atoms with Crippen LogP contribution in [0.25, 0.3) is 0 Å². The van der Waals surface area contributed by atoms with Gasteiger partial charge in [-0.15, -0.1) is 0 Å². The fourth-order valence-electron chi connectivity index (χ4n) is 3.09. The summed E-state index contributed by atoms with van der Waals surface area (Å²) in [4.78, 5) is 16.7. The molecule has 37 heavy (non-hydrogen) atoms. The van der Waals surface area contributed by atoms with Gasteiger partial charge in [-0.1, -0.05) is 0 Å². The maximum Gasteiger partial charge on any atom is 0.416 e. The van der Waals surface area contributed by atoms with E-state index in [1.54, 1.807) is 30.9 Å². The zero-order chi connectivity index (χ0) is 26.3. The molecule has 0 fully saturated rings. The van der Waals surface area contributed by atoms with Crippen LogP contribution in [0.15, 0.2) is 89.6 Å². The maximum absolute atomic E-state index is 12.9. The Hall–Kier alpha value is -4.87. The van der Waals surface area contributed by atoms with Gasteiger partial charge in [-0.05, 0) is 62.4 Å². The van der Waals surface area contributed by atoms with Gasteiger partial charge in [-0.25, -0.2) is 0 Å². The second-order valence-corrected chi connectivity index (χ2v) is 7.75. The molecule has 3 N–H and O–H groups in total. The molecule has 0 saturated heterocycles. The van der Waals surface area contributed by atoms with Gasteiger partial charge in [0.25, 0.3) is 0 Å². The standard InChI is InChI=1S/C25H22F3N9/c1-16(18-7-11-29-12-8-18)34-36-22-15-23(37-35-17(2)19-9-13-30-14-10-19)33-24(32-22)31-21-5-3-20(4-6-21)25(26,27)28/h3-15H,1-2H3,(H3,31,32,33,36,37). The molecule has 3 heterocycles. The fraction of sp³-hybridized carbons (Fsp3) is 0.120. The number of nitrogens with one attached hydrogen (secondary N) is 3. The van der Waals surface area contributed by atoms with Crippen LogP contribution in [0.4, 0.5) is 36.4 Å². The first kappa shape index (κ1) is 25.2. The molecular formula is C25H22F3N9. The number of hydrogen-bond donors (Lipinski definition) is 3. The molecule has 0 atom stereocenters. The number of pyridine rings is 2. The monoisotopic (exact) mass is 505 g/mol. The SMILES string of the molecule is CC(=NNc1cc(NN=C(C)c2ccncc2)nc(Nc2ccc(C(F)(F)F)cc2)n1)c1ccncc1. The lowest BCUT2D eigenvalue weighted by Gasteiger charge is -2.11. The molecule has 12 heteroatoms. The number of nitrogens with zero attached hydrogens (tertiary/aromatic N) is 6. The van der Waals surface area contributed by atoms with Crippen LogP contribution >= 0.6 is 0 Å². The van der Waals surface area contributed by atoms with E-state index in [0.29, 0.717) is 28.7 Å². The highest BCUT2D eigenvalue weighted by Gasteiger charge is 2.29. The lowest BCUT2D eigenvalue weighted by atomic mass is 10.2. The number of aromatic nitrogens is 4. The number of anilines is 4. The topological polar surface area (TPSA) is 112 Å². The second kappa shape index (κ2) is 11.2. The predicted molar refractivity (Wildman–Crippen MR) is 137 cm³/mol. The Bertz CT molecular complexity index is 1310. The maximum atomic E-state index is 12.9. The molecule has 0 aliphatic heterocycles. The van der Waals surface area contributed by atoms with E-state index in [-0.39, 0.29) is 5.95 Å². The Morgan fingerprint density at radius 2 is 1.16 bits per heavy atom. The third-order valence-corrected chi connectivity index (χ3v) is 5.07. The number of alkyl halides is 3. The number of hydrogen-bond acceptors (Lipinski definition) is 9. The summed E-state index contributed by atoms with van der Waals surface area (Å²) in [7, 11) is 0. The Morgan fingerprint density at radius 1 is 0.703 bits per heavy atom. The normalized spacial score (nSPS) is 12.2. The van der Waals surface area contributed by atoms with Gasteiger partial charge in [0.05, 0.1) is 17.0 Å². The molecule has 0 aliphatic carbocycles. The average molecular weight is 506 g/mol. The molecule has 0 spiro atoms. The summed E-state index contributed by atoms with van der Waals surface area (Å²) in [5.74, 6) is 0.787. The first-order valence-electron chi connectivity index (χ1n) is 11.0. The minimum atomic E-state index is -4.43. The van der Waals surface area contributed by atoms with Gasteiger partial charge < -0.3 is 5.32 Å². The zero-order valence-corrected chi connectivity index (χ0v) is 19.8. The highest BCUT2D eigenvalue weighted by molar-refractivity contribution is 5.99. The minimum Gasteiger partial charge on any atom is -0.324 e. The highest BCUT2D eigenvalue weighted by Crippen LogP contribution is 2.30. The van der Waals surface area contributed by atoms with E-state index in [9.17, 15) is 13.2 Å². The molecule has 4 rings (SSSR count). The van der Waals surface area contributed by atoms with Crippen LogP contribution in [0, 0.1) is 0 Å². The van der Waals surface area contributed by atoms with Crippen LogP contribution in [-0.4, -0.2) is 31.4 Å². The largest absolute Gasteiger partial charge is 0.416 e. The van der Waals surface area contributed by atoms with Crippen LogP contribution in [0.3, 0.4) is 0 Å². The van der Waals surface area contributed by atoms with Crippen molar-refractivity contribution in [1.82, 2.24) is 19.9 Å². The molecule has 188 valence electrons.